The van der Waals surface area contributed by atoms with E-state index in [1.807, 2.05) is 0 Å². The van der Waals surface area contributed by atoms with E-state index in [0.717, 1.165) is 23.8 Å². The van der Waals surface area contributed by atoms with E-state index < -0.39 is 23.6 Å². The summed E-state index contributed by atoms with van der Waals surface area (Å²) in [7, 11) is 0. The Hall–Kier alpha value is -3.92. The summed E-state index contributed by atoms with van der Waals surface area (Å²) in [5.74, 6) is -1.52. The number of benzene rings is 2. The predicted octanol–water partition coefficient (Wildman–Crippen LogP) is 5.01. The molecule has 7 nitrogen and oxygen atoms in total. The number of amides is 2. The van der Waals surface area contributed by atoms with E-state index in [4.69, 9.17) is 16.3 Å². The van der Waals surface area contributed by atoms with Crippen LogP contribution < -0.4 is 15.4 Å². The van der Waals surface area contributed by atoms with E-state index >= 15 is 0 Å². The van der Waals surface area contributed by atoms with Gasteiger partial charge in [0.1, 0.15) is 5.75 Å². The van der Waals surface area contributed by atoms with E-state index in [-0.39, 0.29) is 40.8 Å². The van der Waals surface area contributed by atoms with Gasteiger partial charge in [-0.05, 0) is 60.2 Å². The second kappa shape index (κ2) is 11.5. The lowest BCUT2D eigenvalue weighted by molar-refractivity contribution is -0.137. The van der Waals surface area contributed by atoms with Crippen LogP contribution in [0.4, 0.5) is 18.9 Å². The van der Waals surface area contributed by atoms with Crippen LogP contribution in [0.1, 0.15) is 34.3 Å². The molecule has 0 saturated carbocycles. The smallest absolute Gasteiger partial charge is 0.416 e. The molecule has 0 aliphatic carbocycles. The number of anilines is 1. The van der Waals surface area contributed by atoms with Gasteiger partial charge in [0.25, 0.3) is 5.91 Å². The second-order valence-corrected chi connectivity index (χ2v) is 7.68. The zero-order valence-corrected chi connectivity index (χ0v) is 18.8. The number of hydrogen-bond acceptors (Lipinski definition) is 5. The fourth-order valence-electron chi connectivity index (χ4n) is 2.85. The third-order valence-electron chi connectivity index (χ3n) is 4.69. The Balaban J connectivity index is 1.49. The third-order valence-corrected chi connectivity index (χ3v) is 5.01. The molecule has 0 saturated heterocycles. The van der Waals surface area contributed by atoms with Crippen molar-refractivity contribution in [2.24, 2.45) is 0 Å². The SMILES string of the molecule is O=C(CCC(=O)Oc1ccc(C(=O)Nc2cc(C(F)(F)F)ccc2Cl)cc1)NCc1ccncc1. The van der Waals surface area contributed by atoms with Crippen molar-refractivity contribution in [3.05, 3.63) is 88.7 Å². The van der Waals surface area contributed by atoms with Crippen LogP contribution in [0.2, 0.25) is 5.02 Å². The molecule has 3 aromatic rings. The molecule has 11 heteroatoms. The van der Waals surface area contributed by atoms with Gasteiger partial charge in [-0.1, -0.05) is 11.6 Å². The second-order valence-electron chi connectivity index (χ2n) is 7.28. The van der Waals surface area contributed by atoms with Gasteiger partial charge in [0.2, 0.25) is 5.91 Å². The summed E-state index contributed by atoms with van der Waals surface area (Å²) in [5, 5.41) is 4.96. The Morgan fingerprint density at radius 3 is 2.29 bits per heavy atom. The molecule has 35 heavy (non-hydrogen) atoms. The van der Waals surface area contributed by atoms with Gasteiger partial charge in [0.05, 0.1) is 22.7 Å². The quantitative estimate of drug-likeness (QED) is 0.331. The lowest BCUT2D eigenvalue weighted by Crippen LogP contribution is -2.24. The van der Waals surface area contributed by atoms with Crippen molar-refractivity contribution < 1.29 is 32.3 Å². The first-order chi connectivity index (χ1) is 16.6. The molecular weight excluding hydrogens is 487 g/mol. The fourth-order valence-corrected chi connectivity index (χ4v) is 3.02. The Labute approximate surface area is 203 Å². The molecule has 0 spiro atoms. The third kappa shape index (κ3) is 7.82. The Bertz CT molecular complexity index is 1200. The lowest BCUT2D eigenvalue weighted by Gasteiger charge is -2.12. The maximum absolute atomic E-state index is 12.9. The monoisotopic (exact) mass is 505 g/mol. The largest absolute Gasteiger partial charge is 0.427 e. The molecule has 0 aliphatic heterocycles. The van der Waals surface area contributed by atoms with Crippen LogP contribution in [0, 0.1) is 0 Å². The average molecular weight is 506 g/mol. The highest BCUT2D eigenvalue weighted by atomic mass is 35.5. The molecule has 182 valence electrons. The van der Waals surface area contributed by atoms with Gasteiger partial charge < -0.3 is 15.4 Å². The molecule has 1 heterocycles. The zero-order valence-electron chi connectivity index (χ0n) is 18.1. The van der Waals surface area contributed by atoms with Crippen LogP contribution in [0.5, 0.6) is 5.75 Å². The van der Waals surface area contributed by atoms with Gasteiger partial charge in [-0.15, -0.1) is 0 Å². The van der Waals surface area contributed by atoms with Crippen molar-refractivity contribution in [3.8, 4) is 5.75 Å². The van der Waals surface area contributed by atoms with Gasteiger partial charge in [-0.3, -0.25) is 19.4 Å². The van der Waals surface area contributed by atoms with Crippen LogP contribution in [-0.2, 0) is 22.3 Å². The van der Waals surface area contributed by atoms with E-state index in [9.17, 15) is 27.6 Å². The topological polar surface area (TPSA) is 97.4 Å². The van der Waals surface area contributed by atoms with Crippen molar-refractivity contribution in [2.75, 3.05) is 5.32 Å². The number of nitrogens with zero attached hydrogens (tertiary/aromatic N) is 1. The minimum Gasteiger partial charge on any atom is -0.427 e. The summed E-state index contributed by atoms with van der Waals surface area (Å²) >= 11 is 5.89. The summed E-state index contributed by atoms with van der Waals surface area (Å²) in [6, 6.07) is 11.5. The van der Waals surface area contributed by atoms with Crippen molar-refractivity contribution in [1.82, 2.24) is 10.3 Å². The number of halogens is 4. The molecular formula is C24H19ClF3N3O4. The highest BCUT2D eigenvalue weighted by Crippen LogP contribution is 2.34. The van der Waals surface area contributed by atoms with Crippen molar-refractivity contribution >= 4 is 35.1 Å². The first-order valence-electron chi connectivity index (χ1n) is 10.3. The number of hydrogen-bond donors (Lipinski definition) is 2. The normalized spacial score (nSPS) is 11.0. The highest BCUT2D eigenvalue weighted by Gasteiger charge is 2.31. The van der Waals surface area contributed by atoms with Crippen LogP contribution in [0.15, 0.2) is 67.0 Å². The summed E-state index contributed by atoms with van der Waals surface area (Å²) in [6.07, 6.45) is -1.60. The molecule has 0 radical (unpaired) electrons. The minimum atomic E-state index is -4.59. The fraction of sp³-hybridized carbons (Fsp3) is 0.167. The maximum atomic E-state index is 12.9. The molecule has 2 aromatic carbocycles. The van der Waals surface area contributed by atoms with Crippen LogP contribution in [0.3, 0.4) is 0 Å². The first-order valence-corrected chi connectivity index (χ1v) is 10.6. The van der Waals surface area contributed by atoms with Crippen LogP contribution >= 0.6 is 11.6 Å². The Kier molecular flexibility index (Phi) is 8.43. The number of carbonyl (C=O) groups is 3. The molecule has 0 atom stereocenters. The molecule has 2 N–H and O–H groups in total. The van der Waals surface area contributed by atoms with E-state index in [1.165, 1.54) is 24.3 Å². The van der Waals surface area contributed by atoms with E-state index in [1.54, 1.807) is 24.5 Å². The number of pyridine rings is 1. The Morgan fingerprint density at radius 2 is 1.63 bits per heavy atom. The number of aromatic nitrogens is 1. The number of carbonyl (C=O) groups excluding carboxylic acids is 3. The molecule has 0 fully saturated rings. The van der Waals surface area contributed by atoms with Gasteiger partial charge >= 0.3 is 12.1 Å². The number of ether oxygens (including phenoxy) is 1. The average Bonchev–Trinajstić information content (AvgIpc) is 2.83. The number of nitrogens with one attached hydrogen (secondary N) is 2. The van der Waals surface area contributed by atoms with Crippen molar-refractivity contribution in [3.63, 3.8) is 0 Å². The van der Waals surface area contributed by atoms with Gasteiger partial charge in [-0.25, -0.2) is 0 Å². The van der Waals surface area contributed by atoms with Crippen LogP contribution in [0.25, 0.3) is 0 Å². The lowest BCUT2D eigenvalue weighted by atomic mass is 10.1. The van der Waals surface area contributed by atoms with Crippen LogP contribution in [-0.4, -0.2) is 22.8 Å². The molecule has 0 unspecified atom stereocenters. The first kappa shape index (κ1) is 25.7. The highest BCUT2D eigenvalue weighted by molar-refractivity contribution is 6.34. The van der Waals surface area contributed by atoms with Crippen molar-refractivity contribution in [2.45, 2.75) is 25.6 Å². The van der Waals surface area contributed by atoms with Gasteiger partial charge in [-0.2, -0.15) is 13.2 Å². The van der Waals surface area contributed by atoms with E-state index in [2.05, 4.69) is 15.6 Å². The predicted molar refractivity (Wildman–Crippen MR) is 122 cm³/mol. The molecule has 0 aliphatic rings. The number of rotatable bonds is 8. The van der Waals surface area contributed by atoms with Crippen molar-refractivity contribution in [1.29, 1.82) is 0 Å². The summed E-state index contributed by atoms with van der Waals surface area (Å²) < 4.78 is 43.8. The van der Waals surface area contributed by atoms with E-state index in [0.29, 0.717) is 6.54 Å². The maximum Gasteiger partial charge on any atom is 0.416 e. The summed E-state index contributed by atoms with van der Waals surface area (Å²) in [6.45, 7) is 0.311. The van der Waals surface area contributed by atoms with Gasteiger partial charge in [0, 0.05) is 30.9 Å². The summed E-state index contributed by atoms with van der Waals surface area (Å²) in [4.78, 5) is 40.2. The minimum absolute atomic E-state index is 0.0540. The number of alkyl halides is 3. The zero-order chi connectivity index (χ0) is 25.4. The standard InChI is InChI=1S/C24H19ClF3N3O4/c25-19-6-3-17(24(26,27)28)13-20(19)31-23(34)16-1-4-18(5-2-16)35-22(33)8-7-21(32)30-14-15-9-11-29-12-10-15/h1-6,9-13H,7-8,14H2,(H,30,32)(H,31,34). The molecule has 0 bridgehead atoms. The molecule has 1 aromatic heterocycles. The summed E-state index contributed by atoms with van der Waals surface area (Å²) in [5.41, 5.74) is -0.168. The Morgan fingerprint density at radius 1 is 0.943 bits per heavy atom. The molecule has 3 rings (SSSR count). The molecule has 2 amide bonds. The number of esters is 1. The van der Waals surface area contributed by atoms with Gasteiger partial charge in [0.15, 0.2) is 0 Å².